The van der Waals surface area contributed by atoms with Crippen molar-refractivity contribution in [3.8, 4) is 0 Å². The fourth-order valence-corrected chi connectivity index (χ4v) is 1.86. The van der Waals surface area contributed by atoms with Gasteiger partial charge in [0.15, 0.2) is 0 Å². The highest BCUT2D eigenvalue weighted by molar-refractivity contribution is 5.89. The number of aromatic nitrogens is 2. The molecule has 0 unspecified atom stereocenters. The lowest BCUT2D eigenvalue weighted by atomic mass is 10.0. The number of H-pyrrole nitrogens is 1. The second kappa shape index (κ2) is 4.77. The van der Waals surface area contributed by atoms with E-state index in [1.165, 1.54) is 0 Å². The number of aromatic amines is 1. The molecule has 2 amide bonds. The number of nitrogens with zero attached hydrogens (tertiary/aromatic N) is 2. The van der Waals surface area contributed by atoms with Crippen molar-refractivity contribution in [2.24, 2.45) is 5.92 Å². The van der Waals surface area contributed by atoms with Gasteiger partial charge in [0.05, 0.1) is 11.9 Å². The summed E-state index contributed by atoms with van der Waals surface area (Å²) < 4.78 is 0. The Morgan fingerprint density at radius 2 is 2.24 bits per heavy atom. The minimum Gasteiger partial charge on any atom is -0.319 e. The molecule has 0 saturated heterocycles. The molecule has 0 spiro atoms. The van der Waals surface area contributed by atoms with Crippen LogP contribution in [0.15, 0.2) is 12.4 Å². The number of nitrogens with one attached hydrogen (secondary N) is 2. The molecule has 2 rings (SSSR count). The summed E-state index contributed by atoms with van der Waals surface area (Å²) in [7, 11) is 0. The molecule has 0 radical (unpaired) electrons. The Labute approximate surface area is 102 Å². The van der Waals surface area contributed by atoms with Gasteiger partial charge in [0.2, 0.25) is 0 Å². The van der Waals surface area contributed by atoms with Crippen LogP contribution in [0.25, 0.3) is 0 Å². The standard InChI is InChI=1S/C12H20N4O/c1-8(2)9(3)16(11-4-5-11)12(17)15-10-6-13-14-7-10/h6-9,11H,4-5H2,1-3H3,(H,13,14)(H,15,17)/t9-/m0/s1. The van der Waals surface area contributed by atoms with Gasteiger partial charge in [-0.3, -0.25) is 5.10 Å². The Balaban J connectivity index is 2.03. The first-order valence-electron chi connectivity index (χ1n) is 6.17. The van der Waals surface area contributed by atoms with E-state index in [4.69, 9.17) is 0 Å². The van der Waals surface area contributed by atoms with Gasteiger partial charge in [-0.25, -0.2) is 4.79 Å². The van der Waals surface area contributed by atoms with E-state index >= 15 is 0 Å². The van der Waals surface area contributed by atoms with E-state index in [0.29, 0.717) is 12.0 Å². The number of carbonyl (C=O) groups excluding carboxylic acids is 1. The molecule has 1 atom stereocenters. The SMILES string of the molecule is CC(C)[C@H](C)N(C(=O)Nc1cn[nH]c1)C1CC1. The van der Waals surface area contributed by atoms with E-state index in [0.717, 1.165) is 18.5 Å². The van der Waals surface area contributed by atoms with Crippen molar-refractivity contribution < 1.29 is 4.79 Å². The molecule has 1 aromatic heterocycles. The Kier molecular flexibility index (Phi) is 3.36. The highest BCUT2D eigenvalue weighted by Gasteiger charge is 2.36. The highest BCUT2D eigenvalue weighted by Crippen LogP contribution is 2.31. The van der Waals surface area contributed by atoms with Crippen LogP contribution in [-0.2, 0) is 0 Å². The second-order valence-electron chi connectivity index (χ2n) is 5.04. The topological polar surface area (TPSA) is 61.0 Å². The number of amides is 2. The van der Waals surface area contributed by atoms with Gasteiger partial charge < -0.3 is 10.2 Å². The van der Waals surface area contributed by atoms with E-state index in [2.05, 4.69) is 36.3 Å². The normalized spacial score (nSPS) is 16.9. The fourth-order valence-electron chi connectivity index (χ4n) is 1.86. The third kappa shape index (κ3) is 2.78. The summed E-state index contributed by atoms with van der Waals surface area (Å²) in [5, 5.41) is 9.38. The molecule has 1 aliphatic carbocycles. The van der Waals surface area contributed by atoms with Crippen LogP contribution in [-0.4, -0.2) is 33.2 Å². The monoisotopic (exact) mass is 236 g/mol. The molecule has 94 valence electrons. The van der Waals surface area contributed by atoms with E-state index in [-0.39, 0.29) is 12.1 Å². The number of hydrogen-bond acceptors (Lipinski definition) is 2. The summed E-state index contributed by atoms with van der Waals surface area (Å²) in [6, 6.07) is 0.656. The highest BCUT2D eigenvalue weighted by atomic mass is 16.2. The molecule has 0 aromatic carbocycles. The van der Waals surface area contributed by atoms with Crippen molar-refractivity contribution >= 4 is 11.7 Å². The molecule has 5 heteroatoms. The third-order valence-corrected chi connectivity index (χ3v) is 3.33. The predicted octanol–water partition coefficient (Wildman–Crippen LogP) is 2.45. The van der Waals surface area contributed by atoms with Crippen molar-refractivity contribution in [1.82, 2.24) is 15.1 Å². The Morgan fingerprint density at radius 1 is 1.53 bits per heavy atom. The van der Waals surface area contributed by atoms with Crippen LogP contribution < -0.4 is 5.32 Å². The number of urea groups is 1. The van der Waals surface area contributed by atoms with Crippen LogP contribution in [0.4, 0.5) is 10.5 Å². The van der Waals surface area contributed by atoms with Gasteiger partial charge in [0.1, 0.15) is 0 Å². The lowest BCUT2D eigenvalue weighted by Crippen LogP contribution is -2.45. The Bertz CT molecular complexity index is 370. The third-order valence-electron chi connectivity index (χ3n) is 3.33. The first-order chi connectivity index (χ1) is 8.09. The summed E-state index contributed by atoms with van der Waals surface area (Å²) in [6.07, 6.45) is 5.54. The van der Waals surface area contributed by atoms with Gasteiger partial charge in [-0.15, -0.1) is 0 Å². The minimum absolute atomic E-state index is 0.0184. The van der Waals surface area contributed by atoms with Crippen molar-refractivity contribution in [2.75, 3.05) is 5.32 Å². The van der Waals surface area contributed by atoms with E-state index in [9.17, 15) is 4.79 Å². The van der Waals surface area contributed by atoms with E-state index < -0.39 is 0 Å². The van der Waals surface area contributed by atoms with Crippen molar-refractivity contribution in [3.05, 3.63) is 12.4 Å². The Hall–Kier alpha value is -1.52. The molecule has 5 nitrogen and oxygen atoms in total. The van der Waals surface area contributed by atoms with E-state index in [1.807, 2.05) is 4.90 Å². The summed E-state index contributed by atoms with van der Waals surface area (Å²) in [5.41, 5.74) is 0.719. The predicted molar refractivity (Wildman–Crippen MR) is 66.8 cm³/mol. The number of anilines is 1. The van der Waals surface area contributed by atoms with Crippen LogP contribution in [0.5, 0.6) is 0 Å². The first-order valence-corrected chi connectivity index (χ1v) is 6.17. The summed E-state index contributed by atoms with van der Waals surface area (Å²) >= 11 is 0. The largest absolute Gasteiger partial charge is 0.322 e. The van der Waals surface area contributed by atoms with E-state index in [1.54, 1.807) is 12.4 Å². The molecular weight excluding hydrogens is 216 g/mol. The van der Waals surface area contributed by atoms with Gasteiger partial charge in [0.25, 0.3) is 0 Å². The number of rotatable bonds is 4. The molecule has 1 saturated carbocycles. The van der Waals surface area contributed by atoms with Gasteiger partial charge in [-0.05, 0) is 25.7 Å². The van der Waals surface area contributed by atoms with Crippen LogP contribution >= 0.6 is 0 Å². The molecule has 17 heavy (non-hydrogen) atoms. The van der Waals surface area contributed by atoms with Crippen molar-refractivity contribution in [2.45, 2.75) is 45.7 Å². The van der Waals surface area contributed by atoms with Gasteiger partial charge in [0, 0.05) is 18.3 Å². The first kappa shape index (κ1) is 12.0. The van der Waals surface area contributed by atoms with Crippen molar-refractivity contribution in [3.63, 3.8) is 0 Å². The van der Waals surface area contributed by atoms with Crippen LogP contribution in [0.2, 0.25) is 0 Å². The smallest absolute Gasteiger partial charge is 0.319 e. The molecule has 1 heterocycles. The molecular formula is C12H20N4O. The van der Waals surface area contributed by atoms with Crippen molar-refractivity contribution in [1.29, 1.82) is 0 Å². The van der Waals surface area contributed by atoms with Crippen LogP contribution in [0.1, 0.15) is 33.6 Å². The lowest BCUT2D eigenvalue weighted by molar-refractivity contribution is 0.169. The van der Waals surface area contributed by atoms with Gasteiger partial charge in [-0.1, -0.05) is 13.8 Å². The summed E-state index contributed by atoms with van der Waals surface area (Å²) in [6.45, 7) is 6.40. The quantitative estimate of drug-likeness (QED) is 0.843. The molecule has 1 aromatic rings. The van der Waals surface area contributed by atoms with Gasteiger partial charge in [-0.2, -0.15) is 5.10 Å². The average Bonchev–Trinajstić information content (AvgIpc) is 2.96. The summed E-state index contributed by atoms with van der Waals surface area (Å²) in [4.78, 5) is 14.2. The van der Waals surface area contributed by atoms with Gasteiger partial charge >= 0.3 is 6.03 Å². The maximum Gasteiger partial charge on any atom is 0.322 e. The fraction of sp³-hybridized carbons (Fsp3) is 0.667. The zero-order valence-electron chi connectivity index (χ0n) is 10.6. The number of hydrogen-bond donors (Lipinski definition) is 2. The van der Waals surface area contributed by atoms with Crippen LogP contribution in [0, 0.1) is 5.92 Å². The average molecular weight is 236 g/mol. The Morgan fingerprint density at radius 3 is 2.71 bits per heavy atom. The maximum absolute atomic E-state index is 12.2. The molecule has 2 N–H and O–H groups in total. The zero-order valence-corrected chi connectivity index (χ0v) is 10.6. The van der Waals surface area contributed by atoms with Crippen LogP contribution in [0.3, 0.4) is 0 Å². The molecule has 0 aliphatic heterocycles. The maximum atomic E-state index is 12.2. The number of carbonyl (C=O) groups is 1. The molecule has 0 bridgehead atoms. The molecule has 1 aliphatic rings. The molecule has 1 fully saturated rings. The second-order valence-corrected chi connectivity index (χ2v) is 5.04. The summed E-state index contributed by atoms with van der Waals surface area (Å²) in [5.74, 6) is 0.464. The minimum atomic E-state index is -0.0184. The zero-order chi connectivity index (χ0) is 12.4. The lowest BCUT2D eigenvalue weighted by Gasteiger charge is -2.31.